The number of allylic oxidation sites excluding steroid dienone is 1. The van der Waals surface area contributed by atoms with Gasteiger partial charge in [0.05, 0.1) is 31.7 Å². The van der Waals surface area contributed by atoms with Crippen molar-refractivity contribution in [2.45, 2.75) is 12.5 Å². The van der Waals surface area contributed by atoms with Crippen LogP contribution in [0.1, 0.15) is 39.5 Å². The number of nitrogens with zero attached hydrogens (tertiary/aromatic N) is 2. The van der Waals surface area contributed by atoms with Crippen molar-refractivity contribution in [1.82, 2.24) is 0 Å². The van der Waals surface area contributed by atoms with Gasteiger partial charge in [0, 0.05) is 12.0 Å². The molecule has 0 amide bonds. The number of hydrogen-bond donors (Lipinski definition) is 0. The molecule has 5 nitrogen and oxygen atoms in total. The Bertz CT molecular complexity index is 1410. The Morgan fingerprint density at radius 1 is 0.811 bits per heavy atom. The third-order valence-corrected chi connectivity index (χ3v) is 6.48. The minimum atomic E-state index is -0.0517. The van der Waals surface area contributed by atoms with Crippen molar-refractivity contribution in [2.75, 3.05) is 19.2 Å². The van der Waals surface area contributed by atoms with Crippen LogP contribution in [-0.4, -0.2) is 25.7 Å². The van der Waals surface area contributed by atoms with Crippen LogP contribution >= 0.6 is 0 Å². The molecule has 0 unspecified atom stereocenters. The van der Waals surface area contributed by atoms with Gasteiger partial charge in [-0.2, -0.15) is 5.10 Å². The molecule has 4 aromatic carbocycles. The molecule has 1 aliphatic rings. The van der Waals surface area contributed by atoms with Crippen LogP contribution < -0.4 is 14.5 Å². The first-order valence-corrected chi connectivity index (χ1v) is 12.2. The smallest absolute Gasteiger partial charge is 0.185 e. The van der Waals surface area contributed by atoms with Crippen LogP contribution in [0.15, 0.2) is 114 Å². The summed E-state index contributed by atoms with van der Waals surface area (Å²) in [7, 11) is 3.28. The Kier molecular flexibility index (Phi) is 7.13. The Labute approximate surface area is 217 Å². The molecule has 0 fully saturated rings. The predicted molar refractivity (Wildman–Crippen MR) is 149 cm³/mol. The average molecular weight is 489 g/mol. The second kappa shape index (κ2) is 11.0. The highest BCUT2D eigenvalue weighted by atomic mass is 16.5. The zero-order chi connectivity index (χ0) is 25.6. The Morgan fingerprint density at radius 3 is 2.05 bits per heavy atom. The van der Waals surface area contributed by atoms with Crippen LogP contribution in [0.5, 0.6) is 11.5 Å². The van der Waals surface area contributed by atoms with Crippen molar-refractivity contribution >= 4 is 23.3 Å². The summed E-state index contributed by atoms with van der Waals surface area (Å²) in [6.07, 6.45) is 4.23. The number of rotatable bonds is 8. The molecule has 1 aliphatic heterocycles. The van der Waals surface area contributed by atoms with E-state index in [0.29, 0.717) is 5.56 Å². The van der Waals surface area contributed by atoms with Gasteiger partial charge < -0.3 is 9.47 Å². The van der Waals surface area contributed by atoms with Gasteiger partial charge in [0.1, 0.15) is 11.5 Å². The number of methoxy groups -OCH3 is 2. The fourth-order valence-corrected chi connectivity index (χ4v) is 4.40. The SMILES string of the molecule is COc1ccc(C(=O)/C=C/c2ccc(N3N=C(c4ccc(OC)cc4)C[C@H]3c3ccccc3)cc2)cc1. The quantitative estimate of drug-likeness (QED) is 0.199. The molecular weight excluding hydrogens is 460 g/mol. The van der Waals surface area contributed by atoms with E-state index < -0.39 is 0 Å². The van der Waals surface area contributed by atoms with Gasteiger partial charge in [0.15, 0.2) is 5.78 Å². The molecule has 0 N–H and O–H groups in total. The van der Waals surface area contributed by atoms with Crippen molar-refractivity contribution in [1.29, 1.82) is 0 Å². The molecule has 0 saturated carbocycles. The predicted octanol–water partition coefficient (Wildman–Crippen LogP) is 6.96. The molecule has 0 saturated heterocycles. The van der Waals surface area contributed by atoms with Crippen LogP contribution in [0.4, 0.5) is 5.69 Å². The van der Waals surface area contributed by atoms with E-state index >= 15 is 0 Å². The van der Waals surface area contributed by atoms with E-state index in [1.54, 1.807) is 44.6 Å². The molecule has 37 heavy (non-hydrogen) atoms. The highest BCUT2D eigenvalue weighted by Gasteiger charge is 2.29. The van der Waals surface area contributed by atoms with Crippen LogP contribution in [0.3, 0.4) is 0 Å². The number of hydrogen-bond acceptors (Lipinski definition) is 5. The first-order chi connectivity index (χ1) is 18.1. The normalized spacial score (nSPS) is 15.0. The highest BCUT2D eigenvalue weighted by Crippen LogP contribution is 2.37. The lowest BCUT2D eigenvalue weighted by Crippen LogP contribution is -2.18. The van der Waals surface area contributed by atoms with E-state index in [9.17, 15) is 4.79 Å². The summed E-state index contributed by atoms with van der Waals surface area (Å²) >= 11 is 0. The second-order valence-electron chi connectivity index (χ2n) is 8.77. The topological polar surface area (TPSA) is 51.1 Å². The van der Waals surface area contributed by atoms with Gasteiger partial charge >= 0.3 is 0 Å². The van der Waals surface area contributed by atoms with Crippen molar-refractivity contribution in [3.63, 3.8) is 0 Å². The molecule has 4 aromatic rings. The van der Waals surface area contributed by atoms with Gasteiger partial charge in [-0.1, -0.05) is 48.5 Å². The maximum absolute atomic E-state index is 12.5. The van der Waals surface area contributed by atoms with Gasteiger partial charge in [-0.25, -0.2) is 0 Å². The summed E-state index contributed by atoms with van der Waals surface area (Å²) < 4.78 is 10.5. The van der Waals surface area contributed by atoms with Crippen molar-refractivity contribution < 1.29 is 14.3 Å². The van der Waals surface area contributed by atoms with E-state index in [1.165, 1.54) is 5.56 Å². The van der Waals surface area contributed by atoms with Crippen molar-refractivity contribution in [3.8, 4) is 11.5 Å². The molecule has 0 aromatic heterocycles. The zero-order valence-corrected chi connectivity index (χ0v) is 20.9. The Hall–Kier alpha value is -4.64. The number of carbonyl (C=O) groups is 1. The Balaban J connectivity index is 1.37. The van der Waals surface area contributed by atoms with E-state index in [1.807, 2.05) is 48.5 Å². The van der Waals surface area contributed by atoms with Crippen LogP contribution in [0, 0.1) is 0 Å². The number of benzene rings is 4. The van der Waals surface area contributed by atoms with E-state index in [-0.39, 0.29) is 11.8 Å². The lowest BCUT2D eigenvalue weighted by molar-refractivity contribution is 0.104. The summed E-state index contributed by atoms with van der Waals surface area (Å²) in [6, 6.07) is 33.8. The molecule has 184 valence electrons. The fourth-order valence-electron chi connectivity index (χ4n) is 4.40. The second-order valence-corrected chi connectivity index (χ2v) is 8.77. The summed E-state index contributed by atoms with van der Waals surface area (Å²) in [5.74, 6) is 1.50. The van der Waals surface area contributed by atoms with Crippen LogP contribution in [0.25, 0.3) is 6.08 Å². The summed E-state index contributed by atoms with van der Waals surface area (Å²) in [5, 5.41) is 7.11. The van der Waals surface area contributed by atoms with Gasteiger partial charge in [0.25, 0.3) is 0 Å². The molecule has 0 spiro atoms. The van der Waals surface area contributed by atoms with Crippen molar-refractivity contribution in [2.24, 2.45) is 5.10 Å². The van der Waals surface area contributed by atoms with Crippen LogP contribution in [0.2, 0.25) is 0 Å². The highest BCUT2D eigenvalue weighted by molar-refractivity contribution is 6.07. The zero-order valence-electron chi connectivity index (χ0n) is 20.9. The number of hydrazone groups is 1. The standard InChI is InChI=1S/C32H28N2O3/c1-36-28-17-11-24(12-18-28)30-22-31(25-6-4-3-5-7-25)34(33-30)27-15-8-23(9-16-27)10-21-32(35)26-13-19-29(37-2)20-14-26/h3-21,31H,22H2,1-2H3/b21-10+/t31-/m0/s1. The molecule has 0 radical (unpaired) electrons. The Morgan fingerprint density at radius 2 is 1.43 bits per heavy atom. The van der Waals surface area contributed by atoms with E-state index in [4.69, 9.17) is 14.6 Å². The number of anilines is 1. The minimum absolute atomic E-state index is 0.0517. The lowest BCUT2D eigenvalue weighted by atomic mass is 9.98. The summed E-state index contributed by atoms with van der Waals surface area (Å²) in [6.45, 7) is 0. The number of ketones is 1. The molecule has 0 aliphatic carbocycles. The maximum atomic E-state index is 12.5. The van der Waals surface area contributed by atoms with Gasteiger partial charge in [-0.15, -0.1) is 0 Å². The molecule has 1 heterocycles. The van der Waals surface area contributed by atoms with Gasteiger partial charge in [-0.3, -0.25) is 9.80 Å². The number of carbonyl (C=O) groups excluding carboxylic acids is 1. The largest absolute Gasteiger partial charge is 0.497 e. The molecule has 5 heteroatoms. The number of ether oxygens (including phenoxy) is 2. The van der Waals surface area contributed by atoms with E-state index in [2.05, 4.69) is 41.4 Å². The van der Waals surface area contributed by atoms with Crippen molar-refractivity contribution in [3.05, 3.63) is 131 Å². The van der Waals surface area contributed by atoms with E-state index in [0.717, 1.165) is 40.4 Å². The first kappa shape index (κ1) is 24.1. The third kappa shape index (κ3) is 5.46. The maximum Gasteiger partial charge on any atom is 0.185 e. The fraction of sp³-hybridized carbons (Fsp3) is 0.125. The average Bonchev–Trinajstić information content (AvgIpc) is 3.42. The molecule has 1 atom stereocenters. The summed E-state index contributed by atoms with van der Waals surface area (Å²) in [5.41, 5.74) is 5.89. The van der Waals surface area contributed by atoms with Crippen LogP contribution in [-0.2, 0) is 0 Å². The third-order valence-electron chi connectivity index (χ3n) is 6.48. The molecule has 0 bridgehead atoms. The first-order valence-electron chi connectivity index (χ1n) is 12.2. The minimum Gasteiger partial charge on any atom is -0.497 e. The lowest BCUT2D eigenvalue weighted by Gasteiger charge is -2.24. The van der Waals surface area contributed by atoms with Gasteiger partial charge in [-0.05, 0) is 83.4 Å². The monoisotopic (exact) mass is 488 g/mol. The molecular formula is C32H28N2O3. The summed E-state index contributed by atoms with van der Waals surface area (Å²) in [4.78, 5) is 12.5. The molecule has 5 rings (SSSR count). The van der Waals surface area contributed by atoms with Gasteiger partial charge in [0.2, 0.25) is 0 Å².